The highest BCUT2D eigenvalue weighted by Gasteiger charge is 2.04. The lowest BCUT2D eigenvalue weighted by Crippen LogP contribution is -1.95. The summed E-state index contributed by atoms with van der Waals surface area (Å²) in [6.45, 7) is 6.58. The van der Waals surface area contributed by atoms with Crippen LogP contribution in [0.15, 0.2) is 18.3 Å². The summed E-state index contributed by atoms with van der Waals surface area (Å²) >= 11 is 0. The Morgan fingerprint density at radius 3 is 2.64 bits per heavy atom. The van der Waals surface area contributed by atoms with Crippen molar-refractivity contribution in [3.63, 3.8) is 0 Å². The number of rotatable bonds is 5. The van der Waals surface area contributed by atoms with Crippen molar-refractivity contribution in [1.29, 1.82) is 0 Å². The molecule has 0 amide bonds. The van der Waals surface area contributed by atoms with Gasteiger partial charge >= 0.3 is 0 Å². The van der Waals surface area contributed by atoms with Crippen LogP contribution in [0.5, 0.6) is 0 Å². The molecular weight excluding hydrogens is 170 g/mol. The number of aryl methyl sites for hydroxylation is 1. The fourth-order valence-corrected chi connectivity index (χ4v) is 1.64. The molecule has 0 aliphatic rings. The van der Waals surface area contributed by atoms with Crippen molar-refractivity contribution < 1.29 is 0 Å². The zero-order valence-electron chi connectivity index (χ0n) is 9.59. The van der Waals surface area contributed by atoms with Gasteiger partial charge < -0.3 is 0 Å². The molecule has 0 fully saturated rings. The van der Waals surface area contributed by atoms with Crippen LogP contribution in [0, 0.1) is 6.92 Å². The maximum absolute atomic E-state index is 4.33. The standard InChI is InChI=1S/C13H21N/c1-4-5-6-7-11(2)13-9-8-12(3)14-10-13/h8-11H,4-7H2,1-3H3. The highest BCUT2D eigenvalue weighted by molar-refractivity contribution is 5.16. The van der Waals surface area contributed by atoms with Gasteiger partial charge in [-0.05, 0) is 30.9 Å². The van der Waals surface area contributed by atoms with E-state index in [4.69, 9.17) is 0 Å². The third-order valence-corrected chi connectivity index (χ3v) is 2.74. The molecule has 1 atom stereocenters. The predicted octanol–water partition coefficient (Wildman–Crippen LogP) is 4.07. The van der Waals surface area contributed by atoms with E-state index in [0.29, 0.717) is 5.92 Å². The molecule has 0 saturated carbocycles. The molecule has 1 nitrogen and oxygen atoms in total. The quantitative estimate of drug-likeness (QED) is 0.639. The van der Waals surface area contributed by atoms with E-state index in [1.54, 1.807) is 0 Å². The summed E-state index contributed by atoms with van der Waals surface area (Å²) in [4.78, 5) is 4.33. The average molecular weight is 191 g/mol. The van der Waals surface area contributed by atoms with Crippen LogP contribution in [0.1, 0.15) is 56.7 Å². The molecular formula is C13H21N. The van der Waals surface area contributed by atoms with Crippen molar-refractivity contribution in [2.24, 2.45) is 0 Å². The van der Waals surface area contributed by atoms with E-state index < -0.39 is 0 Å². The fraction of sp³-hybridized carbons (Fsp3) is 0.615. The zero-order valence-corrected chi connectivity index (χ0v) is 9.59. The highest BCUT2D eigenvalue weighted by atomic mass is 14.7. The molecule has 0 bridgehead atoms. The van der Waals surface area contributed by atoms with Crippen LogP contribution in [0.4, 0.5) is 0 Å². The zero-order chi connectivity index (χ0) is 10.4. The summed E-state index contributed by atoms with van der Waals surface area (Å²) in [5.41, 5.74) is 2.49. The van der Waals surface area contributed by atoms with Gasteiger partial charge in [0.15, 0.2) is 0 Å². The summed E-state index contributed by atoms with van der Waals surface area (Å²) in [6, 6.07) is 4.31. The maximum atomic E-state index is 4.33. The Labute approximate surface area is 87.6 Å². The van der Waals surface area contributed by atoms with Crippen LogP contribution >= 0.6 is 0 Å². The molecule has 1 rings (SSSR count). The first-order chi connectivity index (χ1) is 6.74. The highest BCUT2D eigenvalue weighted by Crippen LogP contribution is 2.20. The largest absolute Gasteiger partial charge is 0.261 e. The van der Waals surface area contributed by atoms with E-state index in [1.165, 1.54) is 31.2 Å². The molecule has 0 saturated heterocycles. The molecule has 0 N–H and O–H groups in total. The minimum absolute atomic E-state index is 0.662. The first-order valence-corrected chi connectivity index (χ1v) is 5.66. The second-order valence-corrected chi connectivity index (χ2v) is 4.13. The fourth-order valence-electron chi connectivity index (χ4n) is 1.64. The van der Waals surface area contributed by atoms with Crippen molar-refractivity contribution in [2.45, 2.75) is 52.4 Å². The van der Waals surface area contributed by atoms with Gasteiger partial charge in [-0.3, -0.25) is 4.98 Å². The van der Waals surface area contributed by atoms with Crippen LogP contribution in [0.25, 0.3) is 0 Å². The van der Waals surface area contributed by atoms with Gasteiger partial charge in [-0.15, -0.1) is 0 Å². The number of aromatic nitrogens is 1. The monoisotopic (exact) mass is 191 g/mol. The topological polar surface area (TPSA) is 12.9 Å². The van der Waals surface area contributed by atoms with Crippen LogP contribution < -0.4 is 0 Å². The Balaban J connectivity index is 2.43. The number of unbranched alkanes of at least 4 members (excludes halogenated alkanes) is 2. The van der Waals surface area contributed by atoms with Crippen LogP contribution in [0.2, 0.25) is 0 Å². The second-order valence-electron chi connectivity index (χ2n) is 4.13. The van der Waals surface area contributed by atoms with E-state index in [-0.39, 0.29) is 0 Å². The van der Waals surface area contributed by atoms with E-state index in [0.717, 1.165) is 5.69 Å². The maximum Gasteiger partial charge on any atom is 0.0372 e. The number of hydrogen-bond donors (Lipinski definition) is 0. The van der Waals surface area contributed by atoms with Crippen molar-refractivity contribution >= 4 is 0 Å². The van der Waals surface area contributed by atoms with Gasteiger partial charge in [-0.1, -0.05) is 39.2 Å². The number of nitrogens with zero attached hydrogens (tertiary/aromatic N) is 1. The molecule has 1 heteroatoms. The van der Waals surface area contributed by atoms with Crippen LogP contribution in [-0.2, 0) is 0 Å². The van der Waals surface area contributed by atoms with Gasteiger partial charge in [0.1, 0.15) is 0 Å². The summed E-state index contributed by atoms with van der Waals surface area (Å²) in [7, 11) is 0. The summed E-state index contributed by atoms with van der Waals surface area (Å²) in [5.74, 6) is 0.662. The molecule has 1 aromatic rings. The van der Waals surface area contributed by atoms with Gasteiger partial charge in [-0.2, -0.15) is 0 Å². The van der Waals surface area contributed by atoms with Gasteiger partial charge in [0.2, 0.25) is 0 Å². The van der Waals surface area contributed by atoms with E-state index in [1.807, 2.05) is 13.1 Å². The minimum Gasteiger partial charge on any atom is -0.261 e. The minimum atomic E-state index is 0.662. The first-order valence-electron chi connectivity index (χ1n) is 5.66. The lowest BCUT2D eigenvalue weighted by molar-refractivity contribution is 0.596. The van der Waals surface area contributed by atoms with E-state index >= 15 is 0 Å². The first kappa shape index (κ1) is 11.2. The van der Waals surface area contributed by atoms with E-state index in [2.05, 4.69) is 31.0 Å². The Bertz CT molecular complexity index is 250. The molecule has 0 spiro atoms. The van der Waals surface area contributed by atoms with Crippen LogP contribution in [-0.4, -0.2) is 4.98 Å². The Hall–Kier alpha value is -0.850. The molecule has 0 radical (unpaired) electrons. The lowest BCUT2D eigenvalue weighted by atomic mass is 9.96. The summed E-state index contributed by atoms with van der Waals surface area (Å²) < 4.78 is 0. The van der Waals surface area contributed by atoms with Crippen molar-refractivity contribution in [3.8, 4) is 0 Å². The van der Waals surface area contributed by atoms with E-state index in [9.17, 15) is 0 Å². The van der Waals surface area contributed by atoms with Crippen molar-refractivity contribution in [1.82, 2.24) is 4.98 Å². The Kier molecular flexibility index (Phi) is 4.64. The summed E-state index contributed by atoms with van der Waals surface area (Å²) in [6.07, 6.45) is 7.30. The number of hydrogen-bond acceptors (Lipinski definition) is 1. The third-order valence-electron chi connectivity index (χ3n) is 2.74. The molecule has 0 aromatic carbocycles. The summed E-state index contributed by atoms with van der Waals surface area (Å²) in [5, 5.41) is 0. The van der Waals surface area contributed by atoms with Gasteiger partial charge in [-0.25, -0.2) is 0 Å². The molecule has 0 aliphatic carbocycles. The SMILES string of the molecule is CCCCCC(C)c1ccc(C)nc1. The van der Waals surface area contributed by atoms with Gasteiger partial charge in [0, 0.05) is 11.9 Å². The third kappa shape index (κ3) is 3.49. The molecule has 1 unspecified atom stereocenters. The van der Waals surface area contributed by atoms with Gasteiger partial charge in [0.25, 0.3) is 0 Å². The molecule has 0 aliphatic heterocycles. The number of pyridine rings is 1. The second kappa shape index (κ2) is 5.79. The van der Waals surface area contributed by atoms with Gasteiger partial charge in [0.05, 0.1) is 0 Å². The smallest absolute Gasteiger partial charge is 0.0372 e. The Morgan fingerprint density at radius 1 is 1.29 bits per heavy atom. The Morgan fingerprint density at radius 2 is 2.07 bits per heavy atom. The van der Waals surface area contributed by atoms with Crippen LogP contribution in [0.3, 0.4) is 0 Å². The van der Waals surface area contributed by atoms with Crippen molar-refractivity contribution in [3.05, 3.63) is 29.6 Å². The normalized spacial score (nSPS) is 12.8. The van der Waals surface area contributed by atoms with Crippen molar-refractivity contribution in [2.75, 3.05) is 0 Å². The molecule has 78 valence electrons. The molecule has 1 heterocycles. The molecule has 1 aromatic heterocycles. The predicted molar refractivity (Wildman–Crippen MR) is 61.5 cm³/mol. The lowest BCUT2D eigenvalue weighted by Gasteiger charge is -2.10. The molecule has 14 heavy (non-hydrogen) atoms. The average Bonchev–Trinajstić information content (AvgIpc) is 2.19.